The maximum atomic E-state index is 11.3. The highest BCUT2D eigenvalue weighted by atomic mass is 32.2. The average Bonchev–Trinajstić information content (AvgIpc) is 3.37. The summed E-state index contributed by atoms with van der Waals surface area (Å²) in [6.45, 7) is 1.73. The summed E-state index contributed by atoms with van der Waals surface area (Å²) in [5.74, 6) is 0.817. The maximum Gasteiger partial charge on any atom is 0.148 e. The smallest absolute Gasteiger partial charge is 0.148 e. The number of rotatable bonds is 10. The number of aromatic nitrogens is 5. The lowest BCUT2D eigenvalue weighted by atomic mass is 10.1. The largest absolute Gasteiger partial charge is 0.340 e. The Bertz CT molecular complexity index is 1920. The van der Waals surface area contributed by atoms with Crippen LogP contribution in [0.2, 0.25) is 0 Å². The fourth-order valence-corrected chi connectivity index (χ4v) is 5.20. The second-order valence-corrected chi connectivity index (χ2v) is 12.3. The number of sulfone groups is 1. The molecule has 206 valence electrons. The van der Waals surface area contributed by atoms with E-state index in [2.05, 4.69) is 54.9 Å². The van der Waals surface area contributed by atoms with Crippen LogP contribution in [0.1, 0.15) is 11.1 Å². The van der Waals surface area contributed by atoms with E-state index in [0.29, 0.717) is 25.5 Å². The summed E-state index contributed by atoms with van der Waals surface area (Å²) in [5.41, 5.74) is 6.76. The zero-order valence-corrected chi connectivity index (χ0v) is 23.3. The lowest BCUT2D eigenvalue weighted by Gasteiger charge is -2.10. The second-order valence-electron chi connectivity index (χ2n) is 10.00. The van der Waals surface area contributed by atoms with E-state index in [0.717, 1.165) is 44.3 Å². The van der Waals surface area contributed by atoms with Crippen molar-refractivity contribution in [1.82, 2.24) is 30.0 Å². The zero-order valence-electron chi connectivity index (χ0n) is 22.5. The van der Waals surface area contributed by atoms with E-state index in [1.807, 2.05) is 65.5 Å². The van der Waals surface area contributed by atoms with Crippen molar-refractivity contribution in [3.63, 3.8) is 0 Å². The number of hydrogen-bond donors (Lipinski definition) is 2. The SMILES string of the molecule is CS(=O)(=O)CCNCc1ccc(-c2cc3c(Nc4ccc5c(cnn5Cc5ccccc5)c4)ncnc3cn2)cc1. The van der Waals surface area contributed by atoms with Crippen LogP contribution in [0.3, 0.4) is 0 Å². The quantitative estimate of drug-likeness (QED) is 0.225. The molecule has 0 fully saturated rings. The van der Waals surface area contributed by atoms with Crippen molar-refractivity contribution in [2.75, 3.05) is 23.9 Å². The van der Waals surface area contributed by atoms with Crippen LogP contribution in [0.15, 0.2) is 97.6 Å². The predicted molar refractivity (Wildman–Crippen MR) is 163 cm³/mol. The van der Waals surface area contributed by atoms with Crippen LogP contribution >= 0.6 is 0 Å². The molecule has 6 aromatic rings. The molecule has 6 rings (SSSR count). The molecule has 2 N–H and O–H groups in total. The number of hydrogen-bond acceptors (Lipinski definition) is 8. The Labute approximate surface area is 238 Å². The number of benzene rings is 3. The Morgan fingerprint density at radius 3 is 2.49 bits per heavy atom. The summed E-state index contributed by atoms with van der Waals surface area (Å²) in [5, 5.41) is 13.1. The van der Waals surface area contributed by atoms with Crippen LogP contribution in [0.5, 0.6) is 0 Å². The van der Waals surface area contributed by atoms with Gasteiger partial charge < -0.3 is 10.6 Å². The first-order valence-electron chi connectivity index (χ1n) is 13.3. The van der Waals surface area contributed by atoms with Gasteiger partial charge in [0.15, 0.2) is 0 Å². The molecular weight excluding hydrogens is 534 g/mol. The molecule has 0 bridgehead atoms. The molecule has 0 atom stereocenters. The first-order valence-corrected chi connectivity index (χ1v) is 15.3. The van der Waals surface area contributed by atoms with Gasteiger partial charge in [-0.05, 0) is 35.4 Å². The number of anilines is 2. The molecule has 0 amide bonds. The van der Waals surface area contributed by atoms with Crippen molar-refractivity contribution in [1.29, 1.82) is 0 Å². The van der Waals surface area contributed by atoms with E-state index >= 15 is 0 Å². The van der Waals surface area contributed by atoms with Crippen LogP contribution in [-0.4, -0.2) is 51.7 Å². The predicted octanol–water partition coefficient (Wildman–Crippen LogP) is 4.97. The van der Waals surface area contributed by atoms with Crippen molar-refractivity contribution in [3.8, 4) is 11.3 Å². The van der Waals surface area contributed by atoms with Gasteiger partial charge in [0.25, 0.3) is 0 Å². The maximum absolute atomic E-state index is 11.3. The summed E-state index contributed by atoms with van der Waals surface area (Å²) in [6.07, 6.45) is 6.42. The second kappa shape index (κ2) is 11.4. The molecule has 10 heteroatoms. The van der Waals surface area contributed by atoms with Crippen molar-refractivity contribution < 1.29 is 8.42 Å². The Kier molecular flexibility index (Phi) is 7.41. The van der Waals surface area contributed by atoms with Gasteiger partial charge in [0.05, 0.1) is 41.4 Å². The van der Waals surface area contributed by atoms with Crippen LogP contribution < -0.4 is 10.6 Å². The van der Waals surface area contributed by atoms with Crippen molar-refractivity contribution in [3.05, 3.63) is 109 Å². The first-order chi connectivity index (χ1) is 19.9. The third kappa shape index (κ3) is 6.40. The van der Waals surface area contributed by atoms with Crippen LogP contribution in [0, 0.1) is 0 Å². The minimum Gasteiger partial charge on any atom is -0.340 e. The third-order valence-electron chi connectivity index (χ3n) is 6.83. The molecule has 0 saturated carbocycles. The van der Waals surface area contributed by atoms with E-state index in [4.69, 9.17) is 0 Å². The Hall–Kier alpha value is -4.67. The molecule has 0 aliphatic heterocycles. The average molecular weight is 564 g/mol. The molecule has 0 radical (unpaired) electrons. The van der Waals surface area contributed by atoms with E-state index < -0.39 is 9.84 Å². The van der Waals surface area contributed by atoms with Crippen LogP contribution in [0.4, 0.5) is 11.5 Å². The Morgan fingerprint density at radius 2 is 1.68 bits per heavy atom. The van der Waals surface area contributed by atoms with Gasteiger partial charge in [-0.3, -0.25) is 9.67 Å². The molecule has 0 aliphatic carbocycles. The van der Waals surface area contributed by atoms with E-state index in [1.54, 1.807) is 6.20 Å². The number of nitrogens with zero attached hydrogens (tertiary/aromatic N) is 5. The number of pyridine rings is 1. The number of nitrogens with one attached hydrogen (secondary N) is 2. The molecule has 3 aromatic heterocycles. The van der Waals surface area contributed by atoms with Crippen molar-refractivity contribution >= 4 is 43.1 Å². The van der Waals surface area contributed by atoms with Gasteiger partial charge in [0.1, 0.15) is 22.0 Å². The topological polar surface area (TPSA) is 115 Å². The normalized spacial score (nSPS) is 11.7. The highest BCUT2D eigenvalue weighted by molar-refractivity contribution is 7.90. The molecule has 0 aliphatic rings. The Balaban J connectivity index is 1.20. The van der Waals surface area contributed by atoms with Crippen molar-refractivity contribution in [2.24, 2.45) is 0 Å². The van der Waals surface area contributed by atoms with Gasteiger partial charge in [-0.2, -0.15) is 5.10 Å². The standard InChI is InChI=1S/C31H29N7O2S/c1-41(39,40)14-13-32-17-22-7-9-24(10-8-22)28-16-27-29(19-33-28)34-21-35-31(27)37-26-11-12-30-25(15-26)18-36-38(30)20-23-5-3-2-4-6-23/h2-12,15-16,18-19,21,32H,13-14,17,20H2,1H3,(H,34,35,37). The van der Waals surface area contributed by atoms with Gasteiger partial charge in [-0.25, -0.2) is 18.4 Å². The molecule has 9 nitrogen and oxygen atoms in total. The van der Waals surface area contributed by atoms with E-state index in [-0.39, 0.29) is 5.75 Å². The minimum atomic E-state index is -2.97. The van der Waals surface area contributed by atoms with E-state index in [9.17, 15) is 8.42 Å². The fourth-order valence-electron chi connectivity index (χ4n) is 4.68. The van der Waals surface area contributed by atoms with E-state index in [1.165, 1.54) is 18.1 Å². The molecule has 0 unspecified atom stereocenters. The molecular formula is C31H29N7O2S. The molecule has 41 heavy (non-hydrogen) atoms. The van der Waals surface area contributed by atoms with Crippen LogP contribution in [-0.2, 0) is 22.9 Å². The van der Waals surface area contributed by atoms with Gasteiger partial charge in [0, 0.05) is 41.4 Å². The van der Waals surface area contributed by atoms with Gasteiger partial charge in [0.2, 0.25) is 0 Å². The highest BCUT2D eigenvalue weighted by Crippen LogP contribution is 2.28. The fraction of sp³-hybridized carbons (Fsp3) is 0.161. The zero-order chi connectivity index (χ0) is 28.2. The molecule has 3 heterocycles. The van der Waals surface area contributed by atoms with Crippen molar-refractivity contribution in [2.45, 2.75) is 13.1 Å². The molecule has 3 aromatic carbocycles. The minimum absolute atomic E-state index is 0.121. The summed E-state index contributed by atoms with van der Waals surface area (Å²) in [6, 6.07) is 26.5. The summed E-state index contributed by atoms with van der Waals surface area (Å²) in [7, 11) is -2.97. The lowest BCUT2D eigenvalue weighted by Crippen LogP contribution is -2.21. The van der Waals surface area contributed by atoms with Gasteiger partial charge in [-0.15, -0.1) is 0 Å². The summed E-state index contributed by atoms with van der Waals surface area (Å²) < 4.78 is 24.6. The first kappa shape index (κ1) is 26.5. The molecule has 0 saturated heterocycles. The Morgan fingerprint density at radius 1 is 0.854 bits per heavy atom. The number of fused-ring (bicyclic) bond motifs is 2. The van der Waals surface area contributed by atoms with Gasteiger partial charge >= 0.3 is 0 Å². The summed E-state index contributed by atoms with van der Waals surface area (Å²) in [4.78, 5) is 13.6. The molecule has 0 spiro atoms. The van der Waals surface area contributed by atoms with Gasteiger partial charge in [-0.1, -0.05) is 54.6 Å². The van der Waals surface area contributed by atoms with Crippen LogP contribution in [0.25, 0.3) is 33.1 Å². The highest BCUT2D eigenvalue weighted by Gasteiger charge is 2.10. The lowest BCUT2D eigenvalue weighted by molar-refractivity contribution is 0.596. The third-order valence-corrected chi connectivity index (χ3v) is 7.78. The summed E-state index contributed by atoms with van der Waals surface area (Å²) >= 11 is 0. The monoisotopic (exact) mass is 563 g/mol.